The smallest absolute Gasteiger partial charge is 0.128 e. The van der Waals surface area contributed by atoms with Gasteiger partial charge in [-0.05, 0) is 32.8 Å². The van der Waals surface area contributed by atoms with Gasteiger partial charge in [-0.2, -0.15) is 5.26 Å². The molecule has 0 bridgehead atoms. The standard InChI is InChI=1S/C14H18FNO/c1-14(2,11-16)8-5-9-17-10-12-6-3-4-7-13(12)15/h3-4,6-7H,5,8-10H2,1-2H3. The Morgan fingerprint density at radius 2 is 2.06 bits per heavy atom. The predicted octanol–water partition coefficient (Wildman–Crippen LogP) is 3.67. The highest BCUT2D eigenvalue weighted by molar-refractivity contribution is 5.16. The number of nitrogens with zero attached hydrogens (tertiary/aromatic N) is 1. The molecule has 0 aliphatic carbocycles. The molecule has 1 aromatic rings. The topological polar surface area (TPSA) is 33.0 Å². The summed E-state index contributed by atoms with van der Waals surface area (Å²) >= 11 is 0. The normalized spacial score (nSPS) is 11.2. The van der Waals surface area contributed by atoms with Gasteiger partial charge in [-0.15, -0.1) is 0 Å². The molecule has 0 spiro atoms. The Kier molecular flexibility index (Phi) is 5.11. The zero-order valence-electron chi connectivity index (χ0n) is 10.4. The van der Waals surface area contributed by atoms with Crippen LogP contribution in [0.5, 0.6) is 0 Å². The maximum Gasteiger partial charge on any atom is 0.128 e. The van der Waals surface area contributed by atoms with Crippen LogP contribution in [0.3, 0.4) is 0 Å². The number of rotatable bonds is 6. The maximum atomic E-state index is 13.2. The van der Waals surface area contributed by atoms with E-state index in [0.717, 1.165) is 12.8 Å². The lowest BCUT2D eigenvalue weighted by atomic mass is 9.90. The Labute approximate surface area is 102 Å². The van der Waals surface area contributed by atoms with E-state index in [4.69, 9.17) is 10.00 Å². The average molecular weight is 235 g/mol. The summed E-state index contributed by atoms with van der Waals surface area (Å²) in [5, 5.41) is 8.82. The van der Waals surface area contributed by atoms with Crippen LogP contribution in [-0.2, 0) is 11.3 Å². The molecule has 0 aliphatic heterocycles. The summed E-state index contributed by atoms with van der Waals surface area (Å²) in [5.74, 6) is -0.232. The lowest BCUT2D eigenvalue weighted by Gasteiger charge is -2.14. The Hall–Kier alpha value is -1.40. The van der Waals surface area contributed by atoms with Gasteiger partial charge in [-0.3, -0.25) is 0 Å². The summed E-state index contributed by atoms with van der Waals surface area (Å²) in [4.78, 5) is 0. The minimum absolute atomic E-state index is 0.232. The van der Waals surface area contributed by atoms with E-state index in [9.17, 15) is 4.39 Å². The van der Waals surface area contributed by atoms with E-state index in [-0.39, 0.29) is 11.2 Å². The van der Waals surface area contributed by atoms with E-state index >= 15 is 0 Å². The van der Waals surface area contributed by atoms with Gasteiger partial charge in [0.25, 0.3) is 0 Å². The molecule has 0 amide bonds. The van der Waals surface area contributed by atoms with Crippen molar-refractivity contribution in [2.75, 3.05) is 6.61 Å². The Morgan fingerprint density at radius 3 is 2.71 bits per heavy atom. The van der Waals surface area contributed by atoms with Gasteiger partial charge < -0.3 is 4.74 Å². The van der Waals surface area contributed by atoms with E-state index in [0.29, 0.717) is 18.8 Å². The van der Waals surface area contributed by atoms with Crippen LogP contribution >= 0.6 is 0 Å². The number of benzene rings is 1. The van der Waals surface area contributed by atoms with Gasteiger partial charge in [-0.1, -0.05) is 18.2 Å². The molecular weight excluding hydrogens is 217 g/mol. The first-order chi connectivity index (χ1) is 8.05. The highest BCUT2D eigenvalue weighted by atomic mass is 19.1. The van der Waals surface area contributed by atoms with Crippen LogP contribution in [0.25, 0.3) is 0 Å². The van der Waals surface area contributed by atoms with Gasteiger partial charge >= 0.3 is 0 Å². The number of nitriles is 1. The molecule has 1 aromatic carbocycles. The van der Waals surface area contributed by atoms with Gasteiger partial charge in [0, 0.05) is 12.2 Å². The van der Waals surface area contributed by atoms with Crippen molar-refractivity contribution >= 4 is 0 Å². The van der Waals surface area contributed by atoms with E-state index in [2.05, 4.69) is 6.07 Å². The molecule has 92 valence electrons. The molecule has 0 radical (unpaired) electrons. The number of hydrogen-bond donors (Lipinski definition) is 0. The Balaban J connectivity index is 2.22. The van der Waals surface area contributed by atoms with Crippen molar-refractivity contribution in [1.82, 2.24) is 0 Å². The molecule has 2 nitrogen and oxygen atoms in total. The van der Waals surface area contributed by atoms with Crippen LogP contribution < -0.4 is 0 Å². The van der Waals surface area contributed by atoms with Crippen molar-refractivity contribution in [3.8, 4) is 6.07 Å². The van der Waals surface area contributed by atoms with Crippen LogP contribution in [0.15, 0.2) is 24.3 Å². The fourth-order valence-electron chi connectivity index (χ4n) is 1.47. The highest BCUT2D eigenvalue weighted by Crippen LogP contribution is 2.20. The summed E-state index contributed by atoms with van der Waals surface area (Å²) in [5.41, 5.74) is 0.272. The first-order valence-electron chi connectivity index (χ1n) is 5.77. The molecule has 0 aromatic heterocycles. The molecule has 0 saturated carbocycles. The molecule has 0 unspecified atom stereocenters. The van der Waals surface area contributed by atoms with Gasteiger partial charge in [0.05, 0.1) is 18.1 Å². The molecule has 17 heavy (non-hydrogen) atoms. The van der Waals surface area contributed by atoms with Crippen LogP contribution in [0.4, 0.5) is 4.39 Å². The Morgan fingerprint density at radius 1 is 1.35 bits per heavy atom. The molecule has 0 atom stereocenters. The van der Waals surface area contributed by atoms with Crippen LogP contribution in [0, 0.1) is 22.6 Å². The first kappa shape index (κ1) is 13.7. The monoisotopic (exact) mass is 235 g/mol. The first-order valence-corrected chi connectivity index (χ1v) is 5.77. The van der Waals surface area contributed by atoms with E-state index < -0.39 is 0 Å². The lowest BCUT2D eigenvalue weighted by Crippen LogP contribution is -2.09. The second-order valence-electron chi connectivity index (χ2n) is 4.74. The third-order valence-corrected chi connectivity index (χ3v) is 2.61. The van der Waals surface area contributed by atoms with Gasteiger partial charge in [0.15, 0.2) is 0 Å². The van der Waals surface area contributed by atoms with Crippen LogP contribution in [0.1, 0.15) is 32.3 Å². The summed E-state index contributed by atoms with van der Waals surface area (Å²) in [6, 6.07) is 8.84. The largest absolute Gasteiger partial charge is 0.377 e. The second kappa shape index (κ2) is 6.36. The van der Waals surface area contributed by atoms with Gasteiger partial charge in [0.2, 0.25) is 0 Å². The van der Waals surface area contributed by atoms with Crippen LogP contribution in [0.2, 0.25) is 0 Å². The van der Waals surface area contributed by atoms with Crippen LogP contribution in [-0.4, -0.2) is 6.61 Å². The third kappa shape index (κ3) is 4.97. The number of hydrogen-bond acceptors (Lipinski definition) is 2. The minimum atomic E-state index is -0.304. The van der Waals surface area contributed by atoms with E-state index in [1.165, 1.54) is 6.07 Å². The molecular formula is C14H18FNO. The van der Waals surface area contributed by atoms with E-state index in [1.807, 2.05) is 13.8 Å². The fraction of sp³-hybridized carbons (Fsp3) is 0.500. The maximum absolute atomic E-state index is 13.2. The van der Waals surface area contributed by atoms with E-state index in [1.54, 1.807) is 18.2 Å². The zero-order chi connectivity index (χ0) is 12.7. The molecule has 3 heteroatoms. The summed E-state index contributed by atoms with van der Waals surface area (Å²) in [6.07, 6.45) is 1.61. The molecule has 0 heterocycles. The summed E-state index contributed by atoms with van der Waals surface area (Å²) < 4.78 is 18.6. The average Bonchev–Trinajstić information content (AvgIpc) is 2.31. The predicted molar refractivity (Wildman–Crippen MR) is 64.7 cm³/mol. The summed E-state index contributed by atoms with van der Waals surface area (Å²) in [7, 11) is 0. The second-order valence-corrected chi connectivity index (χ2v) is 4.74. The van der Waals surface area contributed by atoms with Gasteiger partial charge in [0.1, 0.15) is 5.82 Å². The van der Waals surface area contributed by atoms with Gasteiger partial charge in [-0.25, -0.2) is 4.39 Å². The molecule has 0 fully saturated rings. The highest BCUT2D eigenvalue weighted by Gasteiger charge is 2.15. The van der Waals surface area contributed by atoms with Crippen molar-refractivity contribution in [2.24, 2.45) is 5.41 Å². The lowest BCUT2D eigenvalue weighted by molar-refractivity contribution is 0.110. The minimum Gasteiger partial charge on any atom is -0.377 e. The molecule has 0 N–H and O–H groups in total. The van der Waals surface area contributed by atoms with Crippen molar-refractivity contribution in [2.45, 2.75) is 33.3 Å². The summed E-state index contributed by atoms with van der Waals surface area (Å²) in [6.45, 7) is 4.66. The number of halogens is 1. The van der Waals surface area contributed by atoms with Crippen molar-refractivity contribution < 1.29 is 9.13 Å². The quantitative estimate of drug-likeness (QED) is 0.705. The van der Waals surface area contributed by atoms with Crippen molar-refractivity contribution in [1.29, 1.82) is 5.26 Å². The molecule has 0 aliphatic rings. The molecule has 1 rings (SSSR count). The SMILES string of the molecule is CC(C)(C#N)CCCOCc1ccccc1F. The van der Waals surface area contributed by atoms with Crippen molar-refractivity contribution in [3.05, 3.63) is 35.6 Å². The number of ether oxygens (including phenoxy) is 1. The zero-order valence-corrected chi connectivity index (χ0v) is 10.4. The Bertz CT molecular complexity index is 395. The fourth-order valence-corrected chi connectivity index (χ4v) is 1.47. The molecule has 0 saturated heterocycles. The van der Waals surface area contributed by atoms with Crippen molar-refractivity contribution in [3.63, 3.8) is 0 Å². The third-order valence-electron chi connectivity index (χ3n) is 2.61.